The number of rotatable bonds is 4. The van der Waals surface area contributed by atoms with Crippen molar-refractivity contribution in [2.75, 3.05) is 24.6 Å². The molecule has 0 radical (unpaired) electrons. The quantitative estimate of drug-likeness (QED) is 0.716. The fraction of sp³-hybridized carbons (Fsp3) is 0.632. The Morgan fingerprint density at radius 3 is 2.48 bits per heavy atom. The minimum absolute atomic E-state index is 0.0364. The van der Waals surface area contributed by atoms with Crippen LogP contribution in [0.5, 0.6) is 0 Å². The van der Waals surface area contributed by atoms with Crippen LogP contribution in [0, 0.1) is 0 Å². The zero-order chi connectivity index (χ0) is 20.8. The van der Waals surface area contributed by atoms with Gasteiger partial charge in [-0.2, -0.15) is 0 Å². The monoisotopic (exact) mass is 438 g/mol. The van der Waals surface area contributed by atoms with Gasteiger partial charge in [0.1, 0.15) is 5.82 Å². The number of aromatic nitrogens is 3. The first kappa shape index (κ1) is 20.6. The number of hydrogen-bond acceptors (Lipinski definition) is 7. The van der Waals surface area contributed by atoms with Crippen LogP contribution in [0.1, 0.15) is 56.5 Å². The first-order chi connectivity index (χ1) is 13.7. The van der Waals surface area contributed by atoms with Crippen molar-refractivity contribution in [1.82, 2.24) is 19.3 Å². The van der Waals surface area contributed by atoms with E-state index < -0.39 is 25.1 Å². The molecule has 0 spiro atoms. The zero-order valence-corrected chi connectivity index (χ0v) is 18.3. The maximum absolute atomic E-state index is 12.9. The van der Waals surface area contributed by atoms with Gasteiger partial charge in [0.25, 0.3) is 0 Å². The minimum atomic E-state index is -3.59. The molecule has 2 aliphatic heterocycles. The average Bonchev–Trinajstić information content (AvgIpc) is 3.07. The largest absolute Gasteiger partial charge is 0.237 e. The van der Waals surface area contributed by atoms with Gasteiger partial charge in [-0.1, -0.05) is 13.8 Å². The molecule has 0 bridgehead atoms. The lowest BCUT2D eigenvalue weighted by Gasteiger charge is -2.33. The van der Waals surface area contributed by atoms with E-state index in [0.29, 0.717) is 31.6 Å². The Bertz CT molecular complexity index is 1120. The zero-order valence-electron chi connectivity index (χ0n) is 16.7. The lowest BCUT2D eigenvalue weighted by molar-refractivity contribution is 0.314. The van der Waals surface area contributed by atoms with Gasteiger partial charge in [-0.05, 0) is 31.4 Å². The molecule has 0 aromatic carbocycles. The lowest BCUT2D eigenvalue weighted by Crippen LogP contribution is -2.43. The number of fused-ring (bicyclic) bond motifs is 1. The maximum Gasteiger partial charge on any atom is 0.218 e. The molecule has 0 amide bonds. The van der Waals surface area contributed by atoms with Gasteiger partial charge in [-0.3, -0.25) is 0 Å². The Morgan fingerprint density at radius 2 is 1.86 bits per heavy atom. The highest BCUT2D eigenvalue weighted by atomic mass is 32.2. The molecule has 2 fully saturated rings. The van der Waals surface area contributed by atoms with Crippen LogP contribution >= 0.6 is 0 Å². The number of hydrogen-bond donors (Lipinski definition) is 0. The topological polar surface area (TPSA) is 110 Å². The molecule has 0 aliphatic carbocycles. The van der Waals surface area contributed by atoms with Crippen molar-refractivity contribution in [3.8, 4) is 0 Å². The summed E-state index contributed by atoms with van der Waals surface area (Å²) in [6, 6.07) is 3.83. The van der Waals surface area contributed by atoms with E-state index in [1.165, 1.54) is 4.31 Å². The van der Waals surface area contributed by atoms with Gasteiger partial charge in [0.05, 0.1) is 22.4 Å². The Labute approximate surface area is 171 Å². The van der Waals surface area contributed by atoms with Crippen LogP contribution in [0.25, 0.3) is 11.0 Å². The van der Waals surface area contributed by atoms with Crippen LogP contribution in [0.4, 0.5) is 0 Å². The molecular weight excluding hydrogens is 412 g/mol. The van der Waals surface area contributed by atoms with Crippen molar-refractivity contribution < 1.29 is 16.8 Å². The van der Waals surface area contributed by atoms with E-state index in [1.54, 1.807) is 6.20 Å². The van der Waals surface area contributed by atoms with E-state index in [4.69, 9.17) is 4.98 Å². The van der Waals surface area contributed by atoms with E-state index in [9.17, 15) is 16.8 Å². The van der Waals surface area contributed by atoms with E-state index in [-0.39, 0.29) is 29.8 Å². The molecular formula is C19H26N4O4S2. The summed E-state index contributed by atoms with van der Waals surface area (Å²) in [6.45, 7) is 4.84. The highest BCUT2D eigenvalue weighted by Crippen LogP contribution is 2.34. The third kappa shape index (κ3) is 4.02. The third-order valence-corrected chi connectivity index (χ3v) is 10.2. The highest BCUT2D eigenvalue weighted by Gasteiger charge is 2.41. The second kappa shape index (κ2) is 7.55. The van der Waals surface area contributed by atoms with E-state index in [0.717, 1.165) is 16.9 Å². The van der Waals surface area contributed by atoms with Crippen LogP contribution in [0.15, 0.2) is 18.3 Å². The molecule has 2 aromatic heterocycles. The molecule has 4 heterocycles. The van der Waals surface area contributed by atoms with Crippen molar-refractivity contribution in [2.24, 2.45) is 0 Å². The van der Waals surface area contributed by atoms with Crippen LogP contribution in [-0.2, 0) is 19.9 Å². The molecule has 158 valence electrons. The molecule has 29 heavy (non-hydrogen) atoms. The van der Waals surface area contributed by atoms with Gasteiger partial charge in [0.2, 0.25) is 10.0 Å². The molecule has 4 rings (SSSR count). The number of nitrogens with zero attached hydrogens (tertiary/aromatic N) is 4. The molecule has 0 N–H and O–H groups in total. The summed E-state index contributed by atoms with van der Waals surface area (Å²) in [4.78, 5) is 13.8. The van der Waals surface area contributed by atoms with Gasteiger partial charge >= 0.3 is 0 Å². The average molecular weight is 439 g/mol. The molecule has 0 saturated carbocycles. The lowest BCUT2D eigenvalue weighted by atomic mass is 9.92. The van der Waals surface area contributed by atoms with Gasteiger partial charge < -0.3 is 0 Å². The van der Waals surface area contributed by atoms with Crippen LogP contribution in [0.3, 0.4) is 0 Å². The van der Waals surface area contributed by atoms with Gasteiger partial charge in [-0.25, -0.2) is 36.1 Å². The standard InChI is InChI=1S/C19H26N4O4S2/c1-13(2)18-21-17(16-4-3-8-20-19(16)22-18)14-5-9-23(10-6-14)29(26,27)15-7-11-28(24,25)12-15/h3-4,8,13-15H,5-7,9-12H2,1-2H3. The third-order valence-electron chi connectivity index (χ3n) is 5.85. The van der Waals surface area contributed by atoms with Crippen molar-refractivity contribution in [2.45, 2.75) is 50.2 Å². The summed E-state index contributed by atoms with van der Waals surface area (Å²) < 4.78 is 50.7. The molecule has 1 atom stereocenters. The summed E-state index contributed by atoms with van der Waals surface area (Å²) in [5, 5.41) is 0.112. The Kier molecular flexibility index (Phi) is 5.37. The summed E-state index contributed by atoms with van der Waals surface area (Å²) in [6.07, 6.45) is 3.22. The number of piperidine rings is 1. The van der Waals surface area contributed by atoms with Gasteiger partial charge in [0.15, 0.2) is 15.5 Å². The molecule has 1 unspecified atom stereocenters. The Morgan fingerprint density at radius 1 is 1.14 bits per heavy atom. The fourth-order valence-corrected chi connectivity index (χ4v) is 8.72. The molecule has 10 heteroatoms. The maximum atomic E-state index is 12.9. The first-order valence-electron chi connectivity index (χ1n) is 9.99. The predicted molar refractivity (Wildman–Crippen MR) is 111 cm³/mol. The summed E-state index contributed by atoms with van der Waals surface area (Å²) in [5.74, 6) is 0.754. The second-order valence-corrected chi connectivity index (χ2v) is 12.7. The second-order valence-electron chi connectivity index (χ2n) is 8.24. The summed E-state index contributed by atoms with van der Waals surface area (Å²) in [5.41, 5.74) is 1.61. The number of sulfonamides is 1. The Balaban J connectivity index is 1.56. The minimum Gasteiger partial charge on any atom is -0.237 e. The van der Waals surface area contributed by atoms with Crippen molar-refractivity contribution in [3.63, 3.8) is 0 Å². The smallest absolute Gasteiger partial charge is 0.218 e. The van der Waals surface area contributed by atoms with Crippen LogP contribution < -0.4 is 0 Å². The summed E-state index contributed by atoms with van der Waals surface area (Å²) >= 11 is 0. The first-order valence-corrected chi connectivity index (χ1v) is 13.3. The van der Waals surface area contributed by atoms with E-state index in [1.807, 2.05) is 26.0 Å². The SMILES string of the molecule is CC(C)c1nc(C2CCN(S(=O)(=O)C3CCS(=O)(=O)C3)CC2)c2cccnc2n1. The fourth-order valence-electron chi connectivity index (χ4n) is 4.16. The molecule has 8 nitrogen and oxygen atoms in total. The van der Waals surface area contributed by atoms with Crippen LogP contribution in [0.2, 0.25) is 0 Å². The van der Waals surface area contributed by atoms with Crippen molar-refractivity contribution >= 4 is 30.9 Å². The highest BCUT2D eigenvalue weighted by molar-refractivity contribution is 7.95. The normalized spacial score (nSPS) is 23.8. The van der Waals surface area contributed by atoms with E-state index in [2.05, 4.69) is 9.97 Å². The molecule has 2 aliphatic rings. The predicted octanol–water partition coefficient (Wildman–Crippen LogP) is 1.84. The molecule has 2 saturated heterocycles. The Hall–Kier alpha value is -1.65. The van der Waals surface area contributed by atoms with Gasteiger partial charge in [-0.15, -0.1) is 0 Å². The number of pyridine rings is 1. The summed E-state index contributed by atoms with van der Waals surface area (Å²) in [7, 11) is -6.83. The van der Waals surface area contributed by atoms with Gasteiger partial charge in [0, 0.05) is 36.5 Å². The van der Waals surface area contributed by atoms with Crippen molar-refractivity contribution in [3.05, 3.63) is 29.8 Å². The van der Waals surface area contributed by atoms with Crippen LogP contribution in [-0.4, -0.2) is 65.9 Å². The number of sulfone groups is 1. The van der Waals surface area contributed by atoms with E-state index >= 15 is 0 Å². The van der Waals surface area contributed by atoms with Crippen molar-refractivity contribution in [1.29, 1.82) is 0 Å². The molecule has 2 aromatic rings.